The van der Waals surface area contributed by atoms with Gasteiger partial charge < -0.3 is 5.32 Å². The summed E-state index contributed by atoms with van der Waals surface area (Å²) < 4.78 is 0. The summed E-state index contributed by atoms with van der Waals surface area (Å²) in [6.07, 6.45) is 11.2. The first kappa shape index (κ1) is 16.3. The molecule has 1 saturated heterocycles. The molecule has 2 aliphatic rings. The summed E-state index contributed by atoms with van der Waals surface area (Å²) >= 11 is 0. The highest BCUT2D eigenvalue weighted by molar-refractivity contribution is 4.94. The number of nitrogens with one attached hydrogen (secondary N) is 1. The van der Waals surface area contributed by atoms with Gasteiger partial charge >= 0.3 is 0 Å². The summed E-state index contributed by atoms with van der Waals surface area (Å²) in [5.74, 6) is 1.92. The summed E-state index contributed by atoms with van der Waals surface area (Å²) in [5.41, 5.74) is 0. The molecule has 1 aliphatic carbocycles. The molecule has 2 nitrogen and oxygen atoms in total. The van der Waals surface area contributed by atoms with Crippen LogP contribution in [0.3, 0.4) is 0 Å². The van der Waals surface area contributed by atoms with Crippen molar-refractivity contribution in [2.24, 2.45) is 11.8 Å². The van der Waals surface area contributed by atoms with Gasteiger partial charge in [-0.15, -0.1) is 0 Å². The third kappa shape index (κ3) is 4.73. The van der Waals surface area contributed by atoms with Gasteiger partial charge in [-0.25, -0.2) is 0 Å². The van der Waals surface area contributed by atoms with Gasteiger partial charge in [-0.2, -0.15) is 0 Å². The Bertz CT molecular complexity index is 262. The first-order chi connectivity index (χ1) is 9.78. The third-order valence-electron chi connectivity index (χ3n) is 5.41. The average molecular weight is 280 g/mol. The standard InChI is InChI=1S/C18H36N2/c1-4-7-9-15(6-3)13-20-14-18(16-10-11-16)19-12-17(20)8-5-2/h15-19H,4-14H2,1-3H3. The lowest BCUT2D eigenvalue weighted by Crippen LogP contribution is -2.58. The Balaban J connectivity index is 1.87. The van der Waals surface area contributed by atoms with Crippen LogP contribution in [0.1, 0.15) is 72.1 Å². The lowest BCUT2D eigenvalue weighted by Gasteiger charge is -2.42. The zero-order valence-corrected chi connectivity index (χ0v) is 14.0. The Kier molecular flexibility index (Phi) is 6.83. The fourth-order valence-electron chi connectivity index (χ4n) is 3.79. The molecular weight excluding hydrogens is 244 g/mol. The van der Waals surface area contributed by atoms with Crippen LogP contribution in [0.4, 0.5) is 0 Å². The lowest BCUT2D eigenvalue weighted by atomic mass is 9.95. The Morgan fingerprint density at radius 3 is 2.55 bits per heavy atom. The predicted octanol–water partition coefficient (Wildman–Crippen LogP) is 4.06. The highest BCUT2D eigenvalue weighted by atomic mass is 15.2. The molecule has 2 fully saturated rings. The van der Waals surface area contributed by atoms with Crippen molar-refractivity contribution in [3.05, 3.63) is 0 Å². The summed E-state index contributed by atoms with van der Waals surface area (Å²) in [5, 5.41) is 3.84. The monoisotopic (exact) mass is 280 g/mol. The maximum absolute atomic E-state index is 3.84. The normalized spacial score (nSPS) is 29.6. The molecule has 1 N–H and O–H groups in total. The van der Waals surface area contributed by atoms with E-state index in [1.807, 2.05) is 0 Å². The Labute approximate surface area is 126 Å². The number of rotatable bonds is 9. The van der Waals surface area contributed by atoms with Crippen LogP contribution in [-0.2, 0) is 0 Å². The molecule has 20 heavy (non-hydrogen) atoms. The van der Waals surface area contributed by atoms with E-state index in [2.05, 4.69) is 31.0 Å². The highest BCUT2D eigenvalue weighted by Crippen LogP contribution is 2.35. The van der Waals surface area contributed by atoms with Crippen molar-refractivity contribution in [1.82, 2.24) is 10.2 Å². The molecule has 0 spiro atoms. The summed E-state index contributed by atoms with van der Waals surface area (Å²) in [6, 6.07) is 1.59. The Hall–Kier alpha value is -0.0800. The molecule has 0 aromatic rings. The second-order valence-corrected chi connectivity index (χ2v) is 7.17. The van der Waals surface area contributed by atoms with Crippen LogP contribution < -0.4 is 5.32 Å². The van der Waals surface area contributed by atoms with Gasteiger partial charge in [0, 0.05) is 31.7 Å². The van der Waals surface area contributed by atoms with Crippen LogP contribution in [0.5, 0.6) is 0 Å². The molecule has 0 bridgehead atoms. The van der Waals surface area contributed by atoms with E-state index in [0.29, 0.717) is 0 Å². The van der Waals surface area contributed by atoms with Crippen molar-refractivity contribution < 1.29 is 0 Å². The quantitative estimate of drug-likeness (QED) is 0.685. The van der Waals surface area contributed by atoms with Gasteiger partial charge in [0.05, 0.1) is 0 Å². The Morgan fingerprint density at radius 2 is 1.95 bits per heavy atom. The maximum atomic E-state index is 3.84. The number of hydrogen-bond acceptors (Lipinski definition) is 2. The maximum Gasteiger partial charge on any atom is 0.0224 e. The second kappa shape index (κ2) is 8.38. The molecule has 0 aromatic carbocycles. The highest BCUT2D eigenvalue weighted by Gasteiger charge is 2.37. The molecule has 0 radical (unpaired) electrons. The van der Waals surface area contributed by atoms with Crippen LogP contribution in [-0.4, -0.2) is 36.6 Å². The van der Waals surface area contributed by atoms with Crippen LogP contribution in [0, 0.1) is 11.8 Å². The zero-order valence-electron chi connectivity index (χ0n) is 14.0. The van der Waals surface area contributed by atoms with Crippen molar-refractivity contribution >= 4 is 0 Å². The third-order valence-corrected chi connectivity index (χ3v) is 5.41. The van der Waals surface area contributed by atoms with Crippen molar-refractivity contribution in [2.45, 2.75) is 84.2 Å². The molecule has 2 rings (SSSR count). The van der Waals surface area contributed by atoms with E-state index in [-0.39, 0.29) is 0 Å². The minimum atomic E-state index is 0.797. The molecule has 3 atom stereocenters. The Morgan fingerprint density at radius 1 is 1.15 bits per heavy atom. The smallest absolute Gasteiger partial charge is 0.0224 e. The van der Waals surface area contributed by atoms with Crippen LogP contribution in [0.15, 0.2) is 0 Å². The zero-order chi connectivity index (χ0) is 14.4. The fourth-order valence-corrected chi connectivity index (χ4v) is 3.79. The van der Waals surface area contributed by atoms with Gasteiger partial charge in [0.1, 0.15) is 0 Å². The van der Waals surface area contributed by atoms with Gasteiger partial charge in [-0.05, 0) is 37.5 Å². The van der Waals surface area contributed by atoms with Crippen LogP contribution >= 0.6 is 0 Å². The van der Waals surface area contributed by atoms with E-state index < -0.39 is 0 Å². The van der Waals surface area contributed by atoms with Gasteiger partial charge in [0.25, 0.3) is 0 Å². The number of unbranched alkanes of at least 4 members (excludes halogenated alkanes) is 1. The molecule has 0 amide bonds. The van der Waals surface area contributed by atoms with Gasteiger partial charge in [0.15, 0.2) is 0 Å². The van der Waals surface area contributed by atoms with E-state index >= 15 is 0 Å². The molecule has 1 aliphatic heterocycles. The summed E-state index contributed by atoms with van der Waals surface area (Å²) in [6.45, 7) is 10.9. The van der Waals surface area contributed by atoms with Gasteiger partial charge in [0.2, 0.25) is 0 Å². The van der Waals surface area contributed by atoms with E-state index in [0.717, 1.165) is 23.9 Å². The van der Waals surface area contributed by atoms with Crippen LogP contribution in [0.2, 0.25) is 0 Å². The molecule has 1 saturated carbocycles. The molecular formula is C18H36N2. The molecule has 1 heterocycles. The fraction of sp³-hybridized carbons (Fsp3) is 1.00. The first-order valence-corrected chi connectivity index (χ1v) is 9.25. The lowest BCUT2D eigenvalue weighted by molar-refractivity contribution is 0.0934. The molecule has 2 heteroatoms. The van der Waals surface area contributed by atoms with E-state index in [9.17, 15) is 0 Å². The van der Waals surface area contributed by atoms with Gasteiger partial charge in [-0.1, -0.05) is 46.5 Å². The SMILES string of the molecule is CCCCC(CC)CN1CC(C2CC2)NCC1CCC. The van der Waals surface area contributed by atoms with Crippen molar-refractivity contribution in [3.63, 3.8) is 0 Å². The second-order valence-electron chi connectivity index (χ2n) is 7.17. The van der Waals surface area contributed by atoms with E-state index in [4.69, 9.17) is 0 Å². The predicted molar refractivity (Wildman–Crippen MR) is 88.1 cm³/mol. The summed E-state index contributed by atoms with van der Waals surface area (Å²) in [7, 11) is 0. The summed E-state index contributed by atoms with van der Waals surface area (Å²) in [4.78, 5) is 2.85. The van der Waals surface area contributed by atoms with Gasteiger partial charge in [-0.3, -0.25) is 4.90 Å². The first-order valence-electron chi connectivity index (χ1n) is 9.25. The van der Waals surface area contributed by atoms with E-state index in [1.54, 1.807) is 0 Å². The minimum absolute atomic E-state index is 0.797. The largest absolute Gasteiger partial charge is 0.311 e. The van der Waals surface area contributed by atoms with E-state index in [1.165, 1.54) is 71.0 Å². The number of hydrogen-bond donors (Lipinski definition) is 1. The van der Waals surface area contributed by atoms with Crippen molar-refractivity contribution in [1.29, 1.82) is 0 Å². The van der Waals surface area contributed by atoms with Crippen molar-refractivity contribution in [2.75, 3.05) is 19.6 Å². The van der Waals surface area contributed by atoms with Crippen molar-refractivity contribution in [3.8, 4) is 0 Å². The number of piperazine rings is 1. The number of nitrogens with zero attached hydrogens (tertiary/aromatic N) is 1. The molecule has 3 unspecified atom stereocenters. The molecule has 0 aromatic heterocycles. The molecule has 118 valence electrons. The average Bonchev–Trinajstić information content (AvgIpc) is 3.29. The van der Waals surface area contributed by atoms with Crippen LogP contribution in [0.25, 0.3) is 0 Å². The minimum Gasteiger partial charge on any atom is -0.311 e. The topological polar surface area (TPSA) is 15.3 Å².